The SMILES string of the molecule is O=C(OCc1cc(=O)c(OCc2ccccc2)co1)c1ccnc(Cl)c1. The minimum atomic E-state index is -0.596. The lowest BCUT2D eigenvalue weighted by Gasteiger charge is -2.07. The van der Waals surface area contributed by atoms with E-state index in [-0.39, 0.29) is 40.9 Å². The molecule has 7 heteroatoms. The normalized spacial score (nSPS) is 10.3. The van der Waals surface area contributed by atoms with Crippen molar-refractivity contribution in [3.05, 3.63) is 93.3 Å². The summed E-state index contributed by atoms with van der Waals surface area (Å²) in [5.41, 5.74) is 0.835. The van der Waals surface area contributed by atoms with E-state index >= 15 is 0 Å². The minimum Gasteiger partial charge on any atom is -0.482 e. The first-order chi connectivity index (χ1) is 12.6. The molecule has 0 atom stereocenters. The van der Waals surface area contributed by atoms with Crippen molar-refractivity contribution in [1.29, 1.82) is 0 Å². The highest BCUT2D eigenvalue weighted by molar-refractivity contribution is 6.29. The first kappa shape index (κ1) is 17.7. The first-order valence-corrected chi connectivity index (χ1v) is 8.07. The van der Waals surface area contributed by atoms with Crippen LogP contribution in [0.2, 0.25) is 5.15 Å². The van der Waals surface area contributed by atoms with Gasteiger partial charge >= 0.3 is 5.97 Å². The lowest BCUT2D eigenvalue weighted by Crippen LogP contribution is -2.10. The lowest BCUT2D eigenvalue weighted by atomic mass is 10.2. The number of hydrogen-bond acceptors (Lipinski definition) is 6. The van der Waals surface area contributed by atoms with E-state index in [2.05, 4.69) is 4.98 Å². The summed E-state index contributed by atoms with van der Waals surface area (Å²) in [7, 11) is 0. The summed E-state index contributed by atoms with van der Waals surface area (Å²) in [4.78, 5) is 27.8. The highest BCUT2D eigenvalue weighted by Crippen LogP contribution is 2.12. The summed E-state index contributed by atoms with van der Waals surface area (Å²) >= 11 is 5.73. The van der Waals surface area contributed by atoms with Crippen LogP contribution in [0.4, 0.5) is 0 Å². The Morgan fingerprint density at radius 2 is 1.92 bits per heavy atom. The number of nitrogens with zero attached hydrogens (tertiary/aromatic N) is 1. The molecule has 2 aromatic heterocycles. The highest BCUT2D eigenvalue weighted by atomic mass is 35.5. The number of carbonyl (C=O) groups is 1. The fraction of sp³-hybridized carbons (Fsp3) is 0.105. The number of pyridine rings is 1. The van der Waals surface area contributed by atoms with Crippen LogP contribution in [0.5, 0.6) is 5.75 Å². The van der Waals surface area contributed by atoms with Gasteiger partial charge in [-0.2, -0.15) is 0 Å². The van der Waals surface area contributed by atoms with Crippen LogP contribution in [0, 0.1) is 0 Å². The lowest BCUT2D eigenvalue weighted by molar-refractivity contribution is 0.0442. The maximum atomic E-state index is 12.1. The van der Waals surface area contributed by atoms with Gasteiger partial charge in [0.15, 0.2) is 0 Å². The monoisotopic (exact) mass is 371 g/mol. The molecule has 0 saturated heterocycles. The standard InChI is InChI=1S/C19H14ClNO5/c20-18-8-14(6-7-21-18)19(23)26-11-15-9-16(22)17(12-24-15)25-10-13-4-2-1-3-5-13/h1-9,12H,10-11H2. The summed E-state index contributed by atoms with van der Waals surface area (Å²) < 4.78 is 15.8. The van der Waals surface area contributed by atoms with Gasteiger partial charge in [0.05, 0.1) is 5.56 Å². The third-order valence-electron chi connectivity index (χ3n) is 3.40. The Hall–Kier alpha value is -3.12. The fourth-order valence-electron chi connectivity index (χ4n) is 2.10. The van der Waals surface area contributed by atoms with Crippen molar-refractivity contribution in [1.82, 2.24) is 4.98 Å². The van der Waals surface area contributed by atoms with Crippen molar-refractivity contribution in [2.45, 2.75) is 13.2 Å². The van der Waals surface area contributed by atoms with Gasteiger partial charge in [-0.15, -0.1) is 0 Å². The van der Waals surface area contributed by atoms with Gasteiger partial charge in [0.1, 0.15) is 30.4 Å². The van der Waals surface area contributed by atoms with Crippen LogP contribution >= 0.6 is 11.6 Å². The largest absolute Gasteiger partial charge is 0.482 e. The van der Waals surface area contributed by atoms with Crippen LogP contribution in [0.25, 0.3) is 0 Å². The van der Waals surface area contributed by atoms with Crippen molar-refractivity contribution >= 4 is 17.6 Å². The van der Waals surface area contributed by atoms with Gasteiger partial charge < -0.3 is 13.9 Å². The molecule has 0 amide bonds. The molecular weight excluding hydrogens is 358 g/mol. The zero-order valence-electron chi connectivity index (χ0n) is 13.6. The molecule has 3 aromatic rings. The van der Waals surface area contributed by atoms with E-state index in [1.54, 1.807) is 0 Å². The second-order valence-corrected chi connectivity index (χ2v) is 5.68. The van der Waals surface area contributed by atoms with Crippen LogP contribution in [0.15, 0.2) is 70.2 Å². The molecule has 1 aromatic carbocycles. The highest BCUT2D eigenvalue weighted by Gasteiger charge is 2.11. The molecule has 0 aliphatic heterocycles. The molecule has 2 heterocycles. The number of benzene rings is 1. The average Bonchev–Trinajstić information content (AvgIpc) is 2.66. The molecule has 132 valence electrons. The minimum absolute atomic E-state index is 0.0878. The van der Waals surface area contributed by atoms with E-state index in [0.717, 1.165) is 5.56 Å². The van der Waals surface area contributed by atoms with E-state index in [1.165, 1.54) is 30.7 Å². The molecule has 0 spiro atoms. The van der Waals surface area contributed by atoms with Crippen molar-refractivity contribution in [2.24, 2.45) is 0 Å². The second kappa shape index (κ2) is 8.31. The molecule has 6 nitrogen and oxygen atoms in total. The zero-order chi connectivity index (χ0) is 18.4. The van der Waals surface area contributed by atoms with Gasteiger partial charge in [-0.25, -0.2) is 9.78 Å². The number of aromatic nitrogens is 1. The maximum Gasteiger partial charge on any atom is 0.338 e. The molecule has 0 bridgehead atoms. The molecule has 0 fully saturated rings. The van der Waals surface area contributed by atoms with Crippen LogP contribution in [0.1, 0.15) is 21.7 Å². The topological polar surface area (TPSA) is 78.6 Å². The number of rotatable bonds is 6. The Balaban J connectivity index is 1.59. The van der Waals surface area contributed by atoms with Crippen molar-refractivity contribution < 1.29 is 18.7 Å². The molecule has 26 heavy (non-hydrogen) atoms. The number of carbonyl (C=O) groups excluding carboxylic acids is 1. The summed E-state index contributed by atoms with van der Waals surface area (Å²) in [5, 5.41) is 0.186. The van der Waals surface area contributed by atoms with Crippen molar-refractivity contribution in [2.75, 3.05) is 0 Å². The van der Waals surface area contributed by atoms with E-state index < -0.39 is 5.97 Å². The fourth-order valence-corrected chi connectivity index (χ4v) is 2.28. The van der Waals surface area contributed by atoms with Crippen LogP contribution in [0.3, 0.4) is 0 Å². The maximum absolute atomic E-state index is 12.1. The first-order valence-electron chi connectivity index (χ1n) is 7.69. The molecule has 0 aliphatic carbocycles. The van der Waals surface area contributed by atoms with E-state index in [4.69, 9.17) is 25.5 Å². The second-order valence-electron chi connectivity index (χ2n) is 5.29. The molecule has 3 rings (SSSR count). The Kier molecular flexibility index (Phi) is 5.66. The van der Waals surface area contributed by atoms with E-state index in [1.807, 2.05) is 30.3 Å². The van der Waals surface area contributed by atoms with Crippen LogP contribution < -0.4 is 10.2 Å². The third-order valence-corrected chi connectivity index (χ3v) is 3.60. The zero-order valence-corrected chi connectivity index (χ0v) is 14.3. The van der Waals surface area contributed by atoms with Crippen LogP contribution in [-0.2, 0) is 18.0 Å². The quantitative estimate of drug-likeness (QED) is 0.486. The summed E-state index contributed by atoms with van der Waals surface area (Å²) in [6.45, 7) is 0.0652. The van der Waals surface area contributed by atoms with Gasteiger partial charge in [-0.3, -0.25) is 4.79 Å². The van der Waals surface area contributed by atoms with Gasteiger partial charge in [0, 0.05) is 12.3 Å². The van der Waals surface area contributed by atoms with Gasteiger partial charge in [0.2, 0.25) is 11.2 Å². The number of halogens is 1. The molecular formula is C19H14ClNO5. The molecule has 0 unspecified atom stereocenters. The predicted octanol–water partition coefficient (Wildman–Crippen LogP) is 3.62. The summed E-state index contributed by atoms with van der Waals surface area (Å²) in [6.07, 6.45) is 2.61. The Morgan fingerprint density at radius 1 is 1.12 bits per heavy atom. The van der Waals surface area contributed by atoms with Crippen molar-refractivity contribution in [3.8, 4) is 5.75 Å². The van der Waals surface area contributed by atoms with Gasteiger partial charge in [-0.1, -0.05) is 41.9 Å². The predicted molar refractivity (Wildman–Crippen MR) is 94.1 cm³/mol. The molecule has 0 N–H and O–H groups in total. The Labute approximate surface area is 154 Å². The number of hydrogen-bond donors (Lipinski definition) is 0. The smallest absolute Gasteiger partial charge is 0.338 e. The third kappa shape index (κ3) is 4.70. The molecule has 0 saturated carbocycles. The van der Waals surface area contributed by atoms with Crippen LogP contribution in [-0.4, -0.2) is 11.0 Å². The summed E-state index contributed by atoms with van der Waals surface area (Å²) in [5.74, 6) is -0.304. The Morgan fingerprint density at radius 3 is 2.65 bits per heavy atom. The van der Waals surface area contributed by atoms with E-state index in [0.29, 0.717) is 0 Å². The average molecular weight is 372 g/mol. The number of esters is 1. The number of ether oxygens (including phenoxy) is 2. The Bertz CT molecular complexity index is 955. The summed E-state index contributed by atoms with van der Waals surface area (Å²) in [6, 6.07) is 13.5. The van der Waals surface area contributed by atoms with Crippen molar-refractivity contribution in [3.63, 3.8) is 0 Å². The molecule has 0 aliphatic rings. The molecule has 0 radical (unpaired) electrons. The van der Waals surface area contributed by atoms with Gasteiger partial charge in [0.25, 0.3) is 0 Å². The van der Waals surface area contributed by atoms with Gasteiger partial charge in [-0.05, 0) is 17.7 Å². The van der Waals surface area contributed by atoms with E-state index in [9.17, 15) is 9.59 Å².